The lowest BCUT2D eigenvalue weighted by Crippen LogP contribution is -2.03. The first kappa shape index (κ1) is 14.4. The number of nitro groups is 1. The van der Waals surface area contributed by atoms with Gasteiger partial charge in [0.15, 0.2) is 0 Å². The van der Waals surface area contributed by atoms with E-state index in [2.05, 4.69) is 0 Å². The lowest BCUT2D eigenvalue weighted by Gasteiger charge is -2.10. The first-order chi connectivity index (χ1) is 11.1. The summed E-state index contributed by atoms with van der Waals surface area (Å²) in [6, 6.07) is 15.7. The van der Waals surface area contributed by atoms with E-state index in [0.29, 0.717) is 22.5 Å². The summed E-state index contributed by atoms with van der Waals surface area (Å²) in [4.78, 5) is 10.9. The summed E-state index contributed by atoms with van der Waals surface area (Å²) >= 11 is 0. The van der Waals surface area contributed by atoms with Crippen molar-refractivity contribution in [2.45, 2.75) is 0 Å². The van der Waals surface area contributed by atoms with E-state index in [-0.39, 0.29) is 16.9 Å². The van der Waals surface area contributed by atoms with Crippen LogP contribution in [0.3, 0.4) is 0 Å². The van der Waals surface area contributed by atoms with Crippen molar-refractivity contribution < 1.29 is 9.34 Å². The molecule has 0 aliphatic rings. The third-order valence-corrected chi connectivity index (χ3v) is 3.50. The number of hydrogen-bond acceptors (Lipinski definition) is 5. The lowest BCUT2D eigenvalue weighted by atomic mass is 9.94. The number of nitro benzene ring substituents is 1. The minimum atomic E-state index is -0.565. The van der Waals surface area contributed by atoms with Crippen LogP contribution in [0.1, 0.15) is 5.56 Å². The van der Waals surface area contributed by atoms with Crippen LogP contribution in [0.2, 0.25) is 0 Å². The van der Waals surface area contributed by atoms with Crippen LogP contribution < -0.4 is 5.73 Å². The molecule has 0 saturated heterocycles. The van der Waals surface area contributed by atoms with E-state index in [0.717, 1.165) is 0 Å². The summed E-state index contributed by atoms with van der Waals surface area (Å²) in [5.41, 5.74) is 6.95. The van der Waals surface area contributed by atoms with Gasteiger partial charge >= 0.3 is 5.69 Å². The van der Waals surface area contributed by atoms with Gasteiger partial charge in [0.2, 0.25) is 0 Å². The van der Waals surface area contributed by atoms with E-state index in [9.17, 15) is 15.4 Å². The van der Waals surface area contributed by atoms with Gasteiger partial charge in [-0.05, 0) is 23.8 Å². The van der Waals surface area contributed by atoms with E-state index >= 15 is 0 Å². The third-order valence-electron chi connectivity index (χ3n) is 3.50. The molecule has 0 atom stereocenters. The quantitative estimate of drug-likeness (QED) is 0.447. The summed E-state index contributed by atoms with van der Waals surface area (Å²) in [7, 11) is 0. The SMILES string of the molecule is N#Cc1c(-c2ccco2)cc(-c2ccccc2)c([N+](=O)[O-])c1N. The first-order valence-electron chi connectivity index (χ1n) is 6.73. The maximum Gasteiger partial charge on any atom is 0.301 e. The smallest absolute Gasteiger partial charge is 0.301 e. The topological polar surface area (TPSA) is 106 Å². The van der Waals surface area contributed by atoms with Crippen LogP contribution in [0.15, 0.2) is 59.2 Å². The standard InChI is InChI=1S/C17H11N3O3/c18-10-14-13(15-7-4-8-23-15)9-12(11-5-2-1-3-6-11)17(16(14)19)20(21)22/h1-9H,19H2. The van der Waals surface area contributed by atoms with Crippen LogP contribution >= 0.6 is 0 Å². The Balaban J connectivity index is 2.39. The highest BCUT2D eigenvalue weighted by atomic mass is 16.6. The lowest BCUT2D eigenvalue weighted by molar-refractivity contribution is -0.383. The monoisotopic (exact) mass is 305 g/mol. The molecule has 0 aliphatic heterocycles. The van der Waals surface area contributed by atoms with Crippen molar-refractivity contribution in [1.29, 1.82) is 5.26 Å². The van der Waals surface area contributed by atoms with Crippen molar-refractivity contribution in [3.05, 3.63) is 70.5 Å². The number of benzene rings is 2. The molecule has 0 saturated carbocycles. The average molecular weight is 305 g/mol. The highest BCUT2D eigenvalue weighted by molar-refractivity contribution is 5.91. The summed E-state index contributed by atoms with van der Waals surface area (Å²) in [5.74, 6) is 0.431. The zero-order valence-corrected chi connectivity index (χ0v) is 11.9. The van der Waals surface area contributed by atoms with Crippen molar-refractivity contribution in [3.63, 3.8) is 0 Å². The van der Waals surface area contributed by atoms with Gasteiger partial charge in [0, 0.05) is 5.56 Å². The molecule has 112 valence electrons. The minimum absolute atomic E-state index is 0.0336. The molecule has 0 radical (unpaired) electrons. The number of hydrogen-bond donors (Lipinski definition) is 1. The molecule has 1 aromatic heterocycles. The first-order valence-corrected chi connectivity index (χ1v) is 6.73. The fourth-order valence-electron chi connectivity index (χ4n) is 2.47. The highest BCUT2D eigenvalue weighted by Crippen LogP contribution is 2.42. The maximum atomic E-state index is 11.5. The fourth-order valence-corrected chi connectivity index (χ4v) is 2.47. The van der Waals surface area contributed by atoms with Crippen molar-refractivity contribution in [2.75, 3.05) is 5.73 Å². The largest absolute Gasteiger partial charge is 0.464 e. The Morgan fingerprint density at radius 2 is 1.87 bits per heavy atom. The molecule has 0 spiro atoms. The minimum Gasteiger partial charge on any atom is -0.464 e. The number of nitrogens with two attached hydrogens (primary N) is 1. The van der Waals surface area contributed by atoms with Gasteiger partial charge in [-0.1, -0.05) is 30.3 Å². The molecule has 0 amide bonds. The molecule has 0 aliphatic carbocycles. The Labute approximate surface area is 131 Å². The van der Waals surface area contributed by atoms with E-state index in [1.807, 2.05) is 12.1 Å². The molecular weight excluding hydrogens is 294 g/mol. The van der Waals surface area contributed by atoms with Crippen LogP contribution in [0.4, 0.5) is 11.4 Å². The molecule has 2 N–H and O–H groups in total. The zero-order chi connectivity index (χ0) is 16.4. The van der Waals surface area contributed by atoms with Crippen LogP contribution in [0.5, 0.6) is 0 Å². The van der Waals surface area contributed by atoms with Crippen LogP contribution in [0.25, 0.3) is 22.5 Å². The van der Waals surface area contributed by atoms with E-state index in [1.165, 1.54) is 6.26 Å². The molecule has 0 fully saturated rings. The second-order valence-electron chi connectivity index (χ2n) is 4.82. The molecule has 0 unspecified atom stereocenters. The summed E-state index contributed by atoms with van der Waals surface area (Å²) < 4.78 is 5.33. The Hall–Kier alpha value is -3.59. The third kappa shape index (κ3) is 2.40. The Morgan fingerprint density at radius 3 is 2.43 bits per heavy atom. The molecule has 23 heavy (non-hydrogen) atoms. The summed E-state index contributed by atoms with van der Waals surface area (Å²) in [5, 5.41) is 20.8. The molecule has 3 rings (SSSR count). The second-order valence-corrected chi connectivity index (χ2v) is 4.82. The van der Waals surface area contributed by atoms with Gasteiger partial charge < -0.3 is 10.2 Å². The Bertz CT molecular complexity index is 911. The zero-order valence-electron chi connectivity index (χ0n) is 11.9. The Morgan fingerprint density at radius 1 is 1.13 bits per heavy atom. The van der Waals surface area contributed by atoms with Gasteiger partial charge in [0.1, 0.15) is 17.5 Å². The number of anilines is 1. The van der Waals surface area contributed by atoms with Gasteiger partial charge in [0.25, 0.3) is 0 Å². The van der Waals surface area contributed by atoms with E-state index in [4.69, 9.17) is 10.2 Å². The normalized spacial score (nSPS) is 10.2. The fraction of sp³-hybridized carbons (Fsp3) is 0. The van der Waals surface area contributed by atoms with Gasteiger partial charge in [-0.2, -0.15) is 5.26 Å². The molecule has 6 nitrogen and oxygen atoms in total. The van der Waals surface area contributed by atoms with E-state index < -0.39 is 4.92 Å². The average Bonchev–Trinajstić information content (AvgIpc) is 3.08. The highest BCUT2D eigenvalue weighted by Gasteiger charge is 2.26. The number of nitrogen functional groups attached to an aromatic ring is 1. The van der Waals surface area contributed by atoms with Gasteiger partial charge in [0.05, 0.1) is 22.3 Å². The summed E-state index contributed by atoms with van der Waals surface area (Å²) in [6.07, 6.45) is 1.47. The predicted molar refractivity (Wildman–Crippen MR) is 85.4 cm³/mol. The molecule has 3 aromatic rings. The number of nitriles is 1. The number of furan rings is 1. The van der Waals surface area contributed by atoms with Gasteiger partial charge in [-0.25, -0.2) is 0 Å². The molecule has 1 heterocycles. The van der Waals surface area contributed by atoms with Crippen molar-refractivity contribution >= 4 is 11.4 Å². The Kier molecular flexibility index (Phi) is 3.53. The molecule has 6 heteroatoms. The maximum absolute atomic E-state index is 11.5. The van der Waals surface area contributed by atoms with Crippen LogP contribution in [0, 0.1) is 21.4 Å². The molecule has 2 aromatic carbocycles. The van der Waals surface area contributed by atoms with E-state index in [1.54, 1.807) is 42.5 Å². The number of rotatable bonds is 3. The van der Waals surface area contributed by atoms with Crippen molar-refractivity contribution in [2.24, 2.45) is 0 Å². The number of nitrogens with zero attached hydrogens (tertiary/aromatic N) is 2. The van der Waals surface area contributed by atoms with Crippen molar-refractivity contribution in [3.8, 4) is 28.5 Å². The van der Waals surface area contributed by atoms with Gasteiger partial charge in [-0.15, -0.1) is 0 Å². The predicted octanol–water partition coefficient (Wildman–Crippen LogP) is 3.98. The molecular formula is C17H11N3O3. The van der Waals surface area contributed by atoms with Crippen LogP contribution in [-0.2, 0) is 0 Å². The van der Waals surface area contributed by atoms with Crippen LogP contribution in [-0.4, -0.2) is 4.92 Å². The van der Waals surface area contributed by atoms with Crippen molar-refractivity contribution in [1.82, 2.24) is 0 Å². The molecule has 0 bridgehead atoms. The summed E-state index contributed by atoms with van der Waals surface area (Å²) in [6.45, 7) is 0. The van der Waals surface area contributed by atoms with Gasteiger partial charge in [-0.3, -0.25) is 10.1 Å². The second kappa shape index (κ2) is 5.66.